The quantitative estimate of drug-likeness (QED) is 0.579. The van der Waals surface area contributed by atoms with Gasteiger partial charge in [-0.3, -0.25) is 9.59 Å². The molecule has 0 aliphatic heterocycles. The number of methoxy groups -OCH3 is 1. The second-order valence-electron chi connectivity index (χ2n) is 6.33. The molecular formula is C20H26O5. The number of benzene rings is 1. The first kappa shape index (κ1) is 19.2. The van der Waals surface area contributed by atoms with Gasteiger partial charge in [-0.15, -0.1) is 0 Å². The lowest BCUT2D eigenvalue weighted by Gasteiger charge is -2.27. The van der Waals surface area contributed by atoms with Crippen molar-refractivity contribution in [2.75, 3.05) is 13.7 Å². The average Bonchev–Trinajstić information content (AvgIpc) is 2.90. The Labute approximate surface area is 148 Å². The predicted octanol–water partition coefficient (Wildman–Crippen LogP) is 2.78. The van der Waals surface area contributed by atoms with Gasteiger partial charge in [0.15, 0.2) is 0 Å². The predicted molar refractivity (Wildman–Crippen MR) is 94.1 cm³/mol. The van der Waals surface area contributed by atoms with E-state index in [2.05, 4.69) is 0 Å². The molecule has 4 atom stereocenters. The third-order valence-electron chi connectivity index (χ3n) is 4.74. The molecule has 1 fully saturated rings. The van der Waals surface area contributed by atoms with Crippen molar-refractivity contribution in [2.45, 2.75) is 32.3 Å². The lowest BCUT2D eigenvalue weighted by Crippen LogP contribution is -2.36. The molecule has 1 aromatic carbocycles. The lowest BCUT2D eigenvalue weighted by atomic mass is 9.80. The number of hydrogen-bond acceptors (Lipinski definition) is 5. The number of rotatable bonds is 8. The number of carbonyl (C=O) groups is 2. The first-order valence-corrected chi connectivity index (χ1v) is 8.66. The Hall–Kier alpha value is -2.14. The summed E-state index contributed by atoms with van der Waals surface area (Å²) in [5, 5.41) is 10.3. The van der Waals surface area contributed by atoms with E-state index in [1.54, 1.807) is 0 Å². The van der Waals surface area contributed by atoms with Gasteiger partial charge in [0.25, 0.3) is 0 Å². The van der Waals surface area contributed by atoms with Crippen LogP contribution in [-0.2, 0) is 14.3 Å². The van der Waals surface area contributed by atoms with Crippen LogP contribution in [0.2, 0.25) is 0 Å². The summed E-state index contributed by atoms with van der Waals surface area (Å²) in [4.78, 5) is 24.7. The summed E-state index contributed by atoms with van der Waals surface area (Å²) < 4.78 is 10.7. The minimum absolute atomic E-state index is 0.0601. The number of Topliss-reactive ketones (excluding diaryl/α,β-unsaturated/α-hetero) is 1. The number of aliphatic hydroxyl groups is 1. The van der Waals surface area contributed by atoms with E-state index in [0.717, 1.165) is 0 Å². The highest BCUT2D eigenvalue weighted by Crippen LogP contribution is 2.38. The number of esters is 1. The molecule has 0 bridgehead atoms. The maximum atomic E-state index is 12.5. The molecule has 1 N–H and O–H groups in total. The van der Waals surface area contributed by atoms with Crippen LogP contribution in [0, 0.1) is 17.8 Å². The van der Waals surface area contributed by atoms with E-state index >= 15 is 0 Å². The molecular weight excluding hydrogens is 320 g/mol. The van der Waals surface area contributed by atoms with E-state index in [1.807, 2.05) is 49.4 Å². The van der Waals surface area contributed by atoms with Crippen LogP contribution in [0.15, 0.2) is 42.5 Å². The van der Waals surface area contributed by atoms with Crippen LogP contribution in [0.25, 0.3) is 0 Å². The minimum atomic E-state index is -0.796. The van der Waals surface area contributed by atoms with Crippen LogP contribution in [-0.4, -0.2) is 36.7 Å². The summed E-state index contributed by atoms with van der Waals surface area (Å²) in [6.45, 7) is 2.10. The first-order valence-electron chi connectivity index (χ1n) is 8.66. The average molecular weight is 346 g/mol. The highest BCUT2D eigenvalue weighted by atomic mass is 16.5. The summed E-state index contributed by atoms with van der Waals surface area (Å²) in [6.07, 6.45) is 4.33. The Balaban J connectivity index is 2.14. The van der Waals surface area contributed by atoms with Crippen molar-refractivity contribution < 1.29 is 24.2 Å². The number of aliphatic hydroxyl groups excluding tert-OH is 1. The second-order valence-corrected chi connectivity index (χ2v) is 6.33. The van der Waals surface area contributed by atoms with Gasteiger partial charge in [-0.1, -0.05) is 30.4 Å². The minimum Gasteiger partial charge on any atom is -0.493 e. The SMILES string of the molecule is CC=CCCC(C(=O)OC)C1C(=O)CC(O)C1COc1ccccc1. The third-order valence-corrected chi connectivity index (χ3v) is 4.74. The van der Waals surface area contributed by atoms with Gasteiger partial charge >= 0.3 is 5.97 Å². The van der Waals surface area contributed by atoms with Crippen molar-refractivity contribution >= 4 is 11.8 Å². The van der Waals surface area contributed by atoms with Gasteiger partial charge in [0, 0.05) is 18.3 Å². The molecule has 0 saturated heterocycles. The fourth-order valence-corrected chi connectivity index (χ4v) is 3.46. The molecule has 1 saturated carbocycles. The van der Waals surface area contributed by atoms with Gasteiger partial charge in [-0.05, 0) is 31.9 Å². The fraction of sp³-hybridized carbons (Fsp3) is 0.500. The van der Waals surface area contributed by atoms with Crippen molar-refractivity contribution in [1.82, 2.24) is 0 Å². The van der Waals surface area contributed by atoms with E-state index in [4.69, 9.17) is 9.47 Å². The summed E-state index contributed by atoms with van der Waals surface area (Å²) in [5.74, 6) is -1.36. The van der Waals surface area contributed by atoms with Crippen LogP contribution in [0.4, 0.5) is 0 Å². The Bertz CT molecular complexity index is 595. The normalized spacial score (nSPS) is 24.4. The van der Waals surface area contributed by atoms with Crippen molar-refractivity contribution in [1.29, 1.82) is 0 Å². The molecule has 2 rings (SSSR count). The van der Waals surface area contributed by atoms with Gasteiger partial charge in [0.05, 0.1) is 25.7 Å². The fourth-order valence-electron chi connectivity index (χ4n) is 3.46. The largest absolute Gasteiger partial charge is 0.493 e. The summed E-state index contributed by atoms with van der Waals surface area (Å²) in [7, 11) is 1.33. The van der Waals surface area contributed by atoms with Gasteiger partial charge in [-0.2, -0.15) is 0 Å². The van der Waals surface area contributed by atoms with Crippen molar-refractivity contribution in [3.63, 3.8) is 0 Å². The molecule has 1 aromatic rings. The van der Waals surface area contributed by atoms with Gasteiger partial charge in [0.1, 0.15) is 11.5 Å². The molecule has 0 amide bonds. The number of ketones is 1. The van der Waals surface area contributed by atoms with Crippen LogP contribution in [0.1, 0.15) is 26.2 Å². The van der Waals surface area contributed by atoms with Crippen LogP contribution in [0.5, 0.6) is 5.75 Å². The maximum Gasteiger partial charge on any atom is 0.309 e. The number of allylic oxidation sites excluding steroid dienone is 2. The smallest absolute Gasteiger partial charge is 0.309 e. The van der Waals surface area contributed by atoms with Gasteiger partial charge in [0.2, 0.25) is 0 Å². The molecule has 5 heteroatoms. The van der Waals surface area contributed by atoms with E-state index in [0.29, 0.717) is 18.6 Å². The van der Waals surface area contributed by atoms with Crippen molar-refractivity contribution in [3.8, 4) is 5.75 Å². The lowest BCUT2D eigenvalue weighted by molar-refractivity contribution is -0.151. The van der Waals surface area contributed by atoms with E-state index in [1.165, 1.54) is 7.11 Å². The molecule has 0 heterocycles. The number of ether oxygens (including phenoxy) is 2. The molecule has 136 valence electrons. The van der Waals surface area contributed by atoms with E-state index in [9.17, 15) is 14.7 Å². The van der Waals surface area contributed by atoms with E-state index < -0.39 is 29.8 Å². The summed E-state index contributed by atoms with van der Waals surface area (Å²) >= 11 is 0. The third kappa shape index (κ3) is 4.92. The highest BCUT2D eigenvalue weighted by molar-refractivity contribution is 5.89. The second kappa shape index (κ2) is 9.37. The Morgan fingerprint density at radius 1 is 1.36 bits per heavy atom. The zero-order valence-corrected chi connectivity index (χ0v) is 14.8. The van der Waals surface area contributed by atoms with Crippen LogP contribution < -0.4 is 4.74 Å². The summed E-state index contributed by atoms with van der Waals surface area (Å²) in [6, 6.07) is 9.25. The van der Waals surface area contributed by atoms with Crippen LogP contribution >= 0.6 is 0 Å². The monoisotopic (exact) mass is 346 g/mol. The molecule has 1 aliphatic carbocycles. The molecule has 0 radical (unpaired) electrons. The molecule has 5 nitrogen and oxygen atoms in total. The van der Waals surface area contributed by atoms with Crippen molar-refractivity contribution in [3.05, 3.63) is 42.5 Å². The van der Waals surface area contributed by atoms with Crippen LogP contribution in [0.3, 0.4) is 0 Å². The first-order chi connectivity index (χ1) is 12.1. The van der Waals surface area contributed by atoms with Crippen molar-refractivity contribution in [2.24, 2.45) is 17.8 Å². The number of carbonyl (C=O) groups excluding carboxylic acids is 2. The summed E-state index contributed by atoms with van der Waals surface area (Å²) in [5.41, 5.74) is 0. The molecule has 25 heavy (non-hydrogen) atoms. The van der Waals surface area contributed by atoms with Gasteiger partial charge in [-0.25, -0.2) is 0 Å². The Morgan fingerprint density at radius 2 is 2.08 bits per heavy atom. The zero-order chi connectivity index (χ0) is 18.2. The molecule has 4 unspecified atom stereocenters. The van der Waals surface area contributed by atoms with E-state index in [-0.39, 0.29) is 18.8 Å². The molecule has 0 spiro atoms. The standard InChI is InChI=1S/C20H26O5/c1-3-4-6-11-15(20(23)24-2)19-16(17(21)12-18(19)22)13-25-14-9-7-5-8-10-14/h3-5,7-10,15-17,19,21H,6,11-13H2,1-2H3. The zero-order valence-electron chi connectivity index (χ0n) is 14.8. The topological polar surface area (TPSA) is 72.8 Å². The maximum absolute atomic E-state index is 12.5. The Kier molecular flexibility index (Phi) is 7.19. The number of para-hydroxylation sites is 1. The molecule has 0 aromatic heterocycles. The van der Waals surface area contributed by atoms with Gasteiger partial charge < -0.3 is 14.6 Å². The molecule has 1 aliphatic rings. The number of hydrogen-bond donors (Lipinski definition) is 1. The Morgan fingerprint density at radius 3 is 2.72 bits per heavy atom. The highest BCUT2D eigenvalue weighted by Gasteiger charge is 2.48.